The lowest BCUT2D eigenvalue weighted by atomic mass is 9.75. The van der Waals surface area contributed by atoms with Crippen LogP contribution in [0.3, 0.4) is 0 Å². The first-order valence-electron chi connectivity index (χ1n) is 17.7. The van der Waals surface area contributed by atoms with Crippen molar-refractivity contribution in [1.82, 2.24) is 9.97 Å². The fourth-order valence-electron chi connectivity index (χ4n) is 6.46. The molecule has 0 bridgehead atoms. The van der Waals surface area contributed by atoms with E-state index in [1.165, 1.54) is 6.07 Å². The van der Waals surface area contributed by atoms with Gasteiger partial charge in [-0.1, -0.05) is 81.1 Å². The molecule has 11 nitrogen and oxygen atoms in total. The maximum absolute atomic E-state index is 14.2. The molecule has 2 atom stereocenters. The van der Waals surface area contributed by atoms with Crippen molar-refractivity contribution in [2.45, 2.75) is 38.5 Å². The van der Waals surface area contributed by atoms with E-state index in [0.717, 1.165) is 28.3 Å². The van der Waals surface area contributed by atoms with Gasteiger partial charge in [0.05, 0.1) is 31.3 Å². The molecular weight excluding hydrogens is 700 g/mol. The SMILES string of the molecule is C=CC(=O)OCCOC(=O)CCC(=O)Oc1cccc(C(C)C2=C/C(=C3/C=C(C(C)c4cccc(OC)n4)C(=O)c4ccccc43)c3ccccc3C2=O)n1. The maximum Gasteiger partial charge on any atom is 0.330 e. The Kier molecular flexibility index (Phi) is 11.7. The largest absolute Gasteiger partial charge is 0.481 e. The van der Waals surface area contributed by atoms with Crippen molar-refractivity contribution in [3.63, 3.8) is 0 Å². The molecule has 11 heteroatoms. The van der Waals surface area contributed by atoms with Crippen LogP contribution < -0.4 is 9.47 Å². The van der Waals surface area contributed by atoms with Crippen molar-refractivity contribution in [2.75, 3.05) is 20.3 Å². The second-order valence-corrected chi connectivity index (χ2v) is 12.8. The van der Waals surface area contributed by atoms with Crippen LogP contribution >= 0.6 is 0 Å². The predicted molar refractivity (Wildman–Crippen MR) is 203 cm³/mol. The number of benzene rings is 2. The van der Waals surface area contributed by atoms with Crippen LogP contribution in [0.25, 0.3) is 11.1 Å². The van der Waals surface area contributed by atoms with Crippen LogP contribution in [0.15, 0.2) is 121 Å². The molecule has 2 aliphatic carbocycles. The molecule has 4 aromatic rings. The molecule has 0 aliphatic heterocycles. The third-order valence-corrected chi connectivity index (χ3v) is 9.37. The van der Waals surface area contributed by atoms with Gasteiger partial charge in [0.25, 0.3) is 0 Å². The number of carbonyl (C=O) groups excluding carboxylic acids is 5. The molecule has 2 aromatic heterocycles. The Morgan fingerprint density at radius 1 is 0.636 bits per heavy atom. The number of allylic oxidation sites excluding steroid dienone is 6. The number of pyridine rings is 2. The van der Waals surface area contributed by atoms with Crippen molar-refractivity contribution in [1.29, 1.82) is 0 Å². The van der Waals surface area contributed by atoms with Gasteiger partial charge in [-0.2, -0.15) is 0 Å². The van der Waals surface area contributed by atoms with Crippen LogP contribution in [0.2, 0.25) is 0 Å². The molecule has 278 valence electrons. The number of hydrogen-bond donors (Lipinski definition) is 0. The average molecular weight is 739 g/mol. The van der Waals surface area contributed by atoms with E-state index in [2.05, 4.69) is 16.5 Å². The zero-order valence-corrected chi connectivity index (χ0v) is 30.6. The summed E-state index contributed by atoms with van der Waals surface area (Å²) in [4.78, 5) is 73.1. The lowest BCUT2D eigenvalue weighted by Gasteiger charge is -2.27. The highest BCUT2D eigenvalue weighted by atomic mass is 16.6. The second-order valence-electron chi connectivity index (χ2n) is 12.8. The Bertz CT molecular complexity index is 2300. The molecule has 0 saturated heterocycles. The van der Waals surface area contributed by atoms with Crippen molar-refractivity contribution >= 4 is 40.6 Å². The van der Waals surface area contributed by atoms with E-state index >= 15 is 0 Å². The Balaban J connectivity index is 1.30. The lowest BCUT2D eigenvalue weighted by molar-refractivity contribution is -0.151. The smallest absolute Gasteiger partial charge is 0.330 e. The molecule has 2 unspecified atom stereocenters. The minimum atomic E-state index is -0.701. The number of ketones is 2. The zero-order valence-electron chi connectivity index (χ0n) is 30.6. The number of rotatable bonds is 13. The quantitative estimate of drug-likeness (QED) is 0.0779. The summed E-state index contributed by atoms with van der Waals surface area (Å²) in [6.07, 6.45) is 4.25. The van der Waals surface area contributed by atoms with E-state index in [0.29, 0.717) is 39.5 Å². The topological polar surface area (TPSA) is 148 Å². The van der Waals surface area contributed by atoms with E-state index in [1.807, 2.05) is 80.6 Å². The van der Waals surface area contributed by atoms with Gasteiger partial charge in [0.15, 0.2) is 11.6 Å². The predicted octanol–water partition coefficient (Wildman–Crippen LogP) is 7.21. The van der Waals surface area contributed by atoms with Gasteiger partial charge in [0.2, 0.25) is 11.8 Å². The Hall–Kier alpha value is -6.75. The first-order chi connectivity index (χ1) is 26.6. The van der Waals surface area contributed by atoms with Crippen LogP contribution in [0.4, 0.5) is 0 Å². The molecule has 0 amide bonds. The molecule has 0 saturated carbocycles. The number of esters is 3. The summed E-state index contributed by atoms with van der Waals surface area (Å²) in [5.74, 6) is -2.73. The van der Waals surface area contributed by atoms with E-state index in [9.17, 15) is 24.0 Å². The third kappa shape index (κ3) is 8.41. The van der Waals surface area contributed by atoms with E-state index < -0.39 is 23.8 Å². The first kappa shape index (κ1) is 38.0. The summed E-state index contributed by atoms with van der Waals surface area (Å²) in [6, 6.07) is 25.2. The third-order valence-electron chi connectivity index (χ3n) is 9.37. The lowest BCUT2D eigenvalue weighted by Crippen LogP contribution is -2.20. The van der Waals surface area contributed by atoms with Crippen LogP contribution in [-0.4, -0.2) is 59.8 Å². The van der Waals surface area contributed by atoms with Gasteiger partial charge in [0, 0.05) is 52.3 Å². The summed E-state index contributed by atoms with van der Waals surface area (Å²) in [5.41, 5.74) is 6.28. The van der Waals surface area contributed by atoms with Crippen LogP contribution in [0.5, 0.6) is 11.8 Å². The van der Waals surface area contributed by atoms with Gasteiger partial charge in [-0.15, -0.1) is 0 Å². The normalized spacial score (nSPS) is 15.7. The van der Waals surface area contributed by atoms with Gasteiger partial charge in [0.1, 0.15) is 13.2 Å². The number of carbonyl (C=O) groups is 5. The number of methoxy groups -OCH3 is 1. The van der Waals surface area contributed by atoms with Gasteiger partial charge < -0.3 is 18.9 Å². The molecule has 55 heavy (non-hydrogen) atoms. The second kappa shape index (κ2) is 16.9. The van der Waals surface area contributed by atoms with Crippen molar-refractivity contribution in [3.8, 4) is 11.8 Å². The summed E-state index contributed by atoms with van der Waals surface area (Å²) in [5, 5.41) is 0. The summed E-state index contributed by atoms with van der Waals surface area (Å²) >= 11 is 0. The first-order valence-corrected chi connectivity index (χ1v) is 17.7. The van der Waals surface area contributed by atoms with Crippen molar-refractivity contribution in [3.05, 3.63) is 155 Å². The average Bonchev–Trinajstić information content (AvgIpc) is 3.21. The van der Waals surface area contributed by atoms with E-state index in [4.69, 9.17) is 18.9 Å². The highest BCUT2D eigenvalue weighted by Gasteiger charge is 2.33. The van der Waals surface area contributed by atoms with Crippen LogP contribution in [-0.2, 0) is 23.9 Å². The number of fused-ring (bicyclic) bond motifs is 2. The number of Topliss-reactive ketones (excluding diaryl/α,β-unsaturated/α-hetero) is 2. The fourth-order valence-corrected chi connectivity index (χ4v) is 6.46. The number of ether oxygens (including phenoxy) is 4. The molecule has 6 rings (SSSR count). The molecular formula is C44H38N2O9. The number of aromatic nitrogens is 2. The zero-order chi connectivity index (χ0) is 39.1. The number of nitrogens with zero attached hydrogens (tertiary/aromatic N) is 2. The van der Waals surface area contributed by atoms with Crippen molar-refractivity contribution in [2.24, 2.45) is 0 Å². The van der Waals surface area contributed by atoms with Crippen LogP contribution in [0.1, 0.15) is 81.8 Å². The Labute approximate surface area is 318 Å². The Morgan fingerprint density at radius 3 is 1.64 bits per heavy atom. The highest BCUT2D eigenvalue weighted by molar-refractivity contribution is 6.23. The molecule has 2 aromatic carbocycles. The van der Waals surface area contributed by atoms with Gasteiger partial charge in [-0.05, 0) is 46.6 Å². The summed E-state index contributed by atoms with van der Waals surface area (Å²) < 4.78 is 20.5. The minimum absolute atomic E-state index is 0.00864. The number of hydrogen-bond acceptors (Lipinski definition) is 11. The standard InChI is InChI=1S/C44H38N2O9/c1-5-40(47)53-22-23-54-41(48)20-21-42(49)55-39-19-11-17-37(46-39)27(3)33-25-35(29-13-7-9-15-31(29)44(33)51)34-24-32(43(50)30-14-8-6-12-28(30)34)26(2)36-16-10-18-38(45-36)52-4/h5-19,24-27H,1,20-23H2,2-4H3/b35-34+. The van der Waals surface area contributed by atoms with Gasteiger partial charge in [-0.3, -0.25) is 19.2 Å². The molecule has 0 spiro atoms. The van der Waals surface area contributed by atoms with E-state index in [-0.39, 0.29) is 49.4 Å². The fraction of sp³-hybridized carbons (Fsp3) is 0.205. The van der Waals surface area contributed by atoms with Crippen LogP contribution in [0, 0.1) is 0 Å². The minimum Gasteiger partial charge on any atom is -0.481 e. The van der Waals surface area contributed by atoms with E-state index in [1.54, 1.807) is 31.4 Å². The van der Waals surface area contributed by atoms with Gasteiger partial charge in [-0.25, -0.2) is 14.8 Å². The molecule has 0 N–H and O–H groups in total. The molecule has 0 radical (unpaired) electrons. The summed E-state index contributed by atoms with van der Waals surface area (Å²) in [6.45, 7) is 6.78. The van der Waals surface area contributed by atoms with Crippen molar-refractivity contribution < 1.29 is 42.9 Å². The maximum atomic E-state index is 14.2. The Morgan fingerprint density at radius 2 is 1.11 bits per heavy atom. The molecule has 0 fully saturated rings. The molecule has 2 heterocycles. The van der Waals surface area contributed by atoms with Gasteiger partial charge >= 0.3 is 17.9 Å². The summed E-state index contributed by atoms with van der Waals surface area (Å²) in [7, 11) is 1.55. The highest BCUT2D eigenvalue weighted by Crippen LogP contribution is 2.44. The molecule has 2 aliphatic rings. The monoisotopic (exact) mass is 738 g/mol.